The molecule has 2 heterocycles. The van der Waals surface area contributed by atoms with Gasteiger partial charge in [0.2, 0.25) is 11.8 Å². The maximum atomic E-state index is 11.9. The molecule has 134 valence electrons. The van der Waals surface area contributed by atoms with Gasteiger partial charge >= 0.3 is 0 Å². The molecule has 0 aliphatic heterocycles. The molecule has 6 nitrogen and oxygen atoms in total. The zero-order valence-electron chi connectivity index (χ0n) is 14.8. The molecule has 0 saturated heterocycles. The van der Waals surface area contributed by atoms with Crippen LogP contribution < -0.4 is 10.1 Å². The van der Waals surface area contributed by atoms with Gasteiger partial charge in [-0.25, -0.2) is 4.98 Å². The highest BCUT2D eigenvalue weighted by Crippen LogP contribution is 2.22. The molecule has 1 aliphatic carbocycles. The minimum atomic E-state index is 0.0337. The Hall–Kier alpha value is -2.37. The van der Waals surface area contributed by atoms with Crippen molar-refractivity contribution in [2.75, 3.05) is 0 Å². The van der Waals surface area contributed by atoms with Crippen molar-refractivity contribution in [2.45, 2.75) is 57.6 Å². The van der Waals surface area contributed by atoms with Gasteiger partial charge in [0, 0.05) is 38.5 Å². The number of aryl methyl sites for hydroxylation is 2. The number of aromatic nitrogens is 3. The van der Waals surface area contributed by atoms with Crippen LogP contribution in [0.4, 0.5) is 0 Å². The van der Waals surface area contributed by atoms with Crippen LogP contribution in [-0.2, 0) is 24.8 Å². The summed E-state index contributed by atoms with van der Waals surface area (Å²) < 4.78 is 7.66. The molecule has 1 N–H and O–H groups in total. The highest BCUT2D eigenvalue weighted by Gasteiger charge is 2.15. The summed E-state index contributed by atoms with van der Waals surface area (Å²) in [7, 11) is 1.87. The van der Waals surface area contributed by atoms with Crippen molar-refractivity contribution in [2.24, 2.45) is 7.05 Å². The van der Waals surface area contributed by atoms with Crippen LogP contribution in [0, 0.1) is 0 Å². The molecule has 1 saturated carbocycles. The van der Waals surface area contributed by atoms with Crippen LogP contribution in [0.5, 0.6) is 5.88 Å². The topological polar surface area (TPSA) is 69.0 Å². The van der Waals surface area contributed by atoms with E-state index >= 15 is 0 Å². The summed E-state index contributed by atoms with van der Waals surface area (Å²) in [4.78, 5) is 16.3. The molecule has 2 aromatic heterocycles. The Kier molecular flexibility index (Phi) is 6.04. The van der Waals surface area contributed by atoms with E-state index in [0.29, 0.717) is 31.4 Å². The summed E-state index contributed by atoms with van der Waals surface area (Å²) >= 11 is 0. The molecule has 0 radical (unpaired) electrons. The number of carbonyl (C=O) groups excluding carboxylic acids is 1. The lowest BCUT2D eigenvalue weighted by molar-refractivity contribution is -0.121. The van der Waals surface area contributed by atoms with Gasteiger partial charge in [-0.15, -0.1) is 0 Å². The number of pyridine rings is 1. The van der Waals surface area contributed by atoms with Crippen LogP contribution in [0.1, 0.15) is 49.7 Å². The molecule has 0 aromatic carbocycles. The molecule has 25 heavy (non-hydrogen) atoms. The summed E-state index contributed by atoms with van der Waals surface area (Å²) in [6.07, 6.45) is 13.0. The number of hydrogen-bond donors (Lipinski definition) is 1. The molecular formula is C19H26N4O2. The number of rotatable bonds is 7. The fourth-order valence-electron chi connectivity index (χ4n) is 3.09. The Morgan fingerprint density at radius 3 is 2.76 bits per heavy atom. The molecule has 0 unspecified atom stereocenters. The lowest BCUT2D eigenvalue weighted by Gasteiger charge is -2.22. The van der Waals surface area contributed by atoms with Crippen LogP contribution in [0.15, 0.2) is 30.7 Å². The van der Waals surface area contributed by atoms with Crippen molar-refractivity contribution in [3.8, 4) is 5.88 Å². The lowest BCUT2D eigenvalue weighted by atomic mass is 9.98. The van der Waals surface area contributed by atoms with Gasteiger partial charge in [0.05, 0.1) is 6.20 Å². The Morgan fingerprint density at radius 1 is 1.24 bits per heavy atom. The number of amides is 1. The van der Waals surface area contributed by atoms with E-state index in [4.69, 9.17) is 4.74 Å². The lowest BCUT2D eigenvalue weighted by Crippen LogP contribution is -2.23. The molecule has 2 aromatic rings. The van der Waals surface area contributed by atoms with Crippen LogP contribution in [0.2, 0.25) is 0 Å². The predicted octanol–water partition coefficient (Wildman–Crippen LogP) is 2.78. The van der Waals surface area contributed by atoms with Gasteiger partial charge in [-0.3, -0.25) is 9.48 Å². The second-order valence-corrected chi connectivity index (χ2v) is 6.68. The monoisotopic (exact) mass is 342 g/mol. The summed E-state index contributed by atoms with van der Waals surface area (Å²) in [5.74, 6) is 0.713. The van der Waals surface area contributed by atoms with E-state index < -0.39 is 0 Å². The average molecular weight is 342 g/mol. The molecule has 0 bridgehead atoms. The third-order valence-corrected chi connectivity index (χ3v) is 4.53. The van der Waals surface area contributed by atoms with Crippen molar-refractivity contribution in [1.82, 2.24) is 20.1 Å². The van der Waals surface area contributed by atoms with E-state index in [9.17, 15) is 4.79 Å². The second kappa shape index (κ2) is 8.65. The Morgan fingerprint density at radius 2 is 2.08 bits per heavy atom. The minimum Gasteiger partial charge on any atom is -0.474 e. The number of nitrogens with zero attached hydrogens (tertiary/aromatic N) is 3. The van der Waals surface area contributed by atoms with Gasteiger partial charge in [-0.1, -0.05) is 12.5 Å². The van der Waals surface area contributed by atoms with Gasteiger partial charge < -0.3 is 10.1 Å². The van der Waals surface area contributed by atoms with Gasteiger partial charge in [-0.2, -0.15) is 5.10 Å². The van der Waals surface area contributed by atoms with Crippen LogP contribution in [-0.4, -0.2) is 26.8 Å². The second-order valence-electron chi connectivity index (χ2n) is 6.68. The maximum Gasteiger partial charge on any atom is 0.220 e. The number of ether oxygens (including phenoxy) is 1. The Bertz CT molecular complexity index is 675. The first-order chi connectivity index (χ1) is 12.2. The smallest absolute Gasteiger partial charge is 0.220 e. The molecule has 1 fully saturated rings. The largest absolute Gasteiger partial charge is 0.474 e. The fraction of sp³-hybridized carbons (Fsp3) is 0.526. The van der Waals surface area contributed by atoms with Gasteiger partial charge in [0.25, 0.3) is 0 Å². The van der Waals surface area contributed by atoms with E-state index in [1.165, 1.54) is 19.3 Å². The van der Waals surface area contributed by atoms with Crippen molar-refractivity contribution >= 4 is 5.91 Å². The molecule has 1 aliphatic rings. The normalized spacial score (nSPS) is 15.1. The van der Waals surface area contributed by atoms with Crippen LogP contribution in [0.3, 0.4) is 0 Å². The first-order valence-corrected chi connectivity index (χ1v) is 9.05. The van der Waals surface area contributed by atoms with E-state index in [1.54, 1.807) is 17.1 Å². The highest BCUT2D eigenvalue weighted by molar-refractivity contribution is 5.76. The van der Waals surface area contributed by atoms with Gasteiger partial charge in [0.15, 0.2) is 0 Å². The van der Waals surface area contributed by atoms with Crippen molar-refractivity contribution in [1.29, 1.82) is 0 Å². The quantitative estimate of drug-likeness (QED) is 0.840. The zero-order chi connectivity index (χ0) is 17.5. The van der Waals surface area contributed by atoms with Gasteiger partial charge in [0.1, 0.15) is 6.10 Å². The molecule has 1 amide bonds. The average Bonchev–Trinajstić information content (AvgIpc) is 3.06. The third kappa shape index (κ3) is 5.59. The van der Waals surface area contributed by atoms with Crippen LogP contribution >= 0.6 is 0 Å². The SMILES string of the molecule is Cn1cc(CCC(=O)NCc2ccc(OC3CCCCC3)nc2)cn1. The Labute approximate surface area is 148 Å². The summed E-state index contributed by atoms with van der Waals surface area (Å²) in [5.41, 5.74) is 2.05. The van der Waals surface area contributed by atoms with E-state index in [2.05, 4.69) is 15.4 Å². The van der Waals surface area contributed by atoms with E-state index in [-0.39, 0.29) is 5.91 Å². The van der Waals surface area contributed by atoms with Crippen LogP contribution in [0.25, 0.3) is 0 Å². The highest BCUT2D eigenvalue weighted by atomic mass is 16.5. The third-order valence-electron chi connectivity index (χ3n) is 4.53. The fourth-order valence-corrected chi connectivity index (χ4v) is 3.09. The van der Waals surface area contributed by atoms with Crippen molar-refractivity contribution in [3.05, 3.63) is 41.9 Å². The molecular weight excluding hydrogens is 316 g/mol. The standard InChI is InChI=1S/C19H26N4O2/c1-23-14-16(13-22-23)7-9-18(24)20-11-15-8-10-19(21-12-15)25-17-5-3-2-4-6-17/h8,10,12-14,17H,2-7,9,11H2,1H3,(H,20,24). The number of hydrogen-bond acceptors (Lipinski definition) is 4. The van der Waals surface area contributed by atoms with E-state index in [1.807, 2.05) is 25.4 Å². The maximum absolute atomic E-state index is 11.9. The minimum absolute atomic E-state index is 0.0337. The zero-order valence-corrected chi connectivity index (χ0v) is 14.8. The molecule has 3 rings (SSSR count). The first-order valence-electron chi connectivity index (χ1n) is 9.05. The molecule has 0 spiro atoms. The van der Waals surface area contributed by atoms with Gasteiger partial charge in [-0.05, 0) is 43.2 Å². The molecule has 0 atom stereocenters. The number of carbonyl (C=O) groups is 1. The predicted molar refractivity (Wildman–Crippen MR) is 95.1 cm³/mol. The first kappa shape index (κ1) is 17.5. The summed E-state index contributed by atoms with van der Waals surface area (Å²) in [5, 5.41) is 7.03. The number of nitrogens with one attached hydrogen (secondary N) is 1. The molecule has 6 heteroatoms. The summed E-state index contributed by atoms with van der Waals surface area (Å²) in [6.45, 7) is 0.489. The summed E-state index contributed by atoms with van der Waals surface area (Å²) in [6, 6.07) is 3.86. The van der Waals surface area contributed by atoms with Crippen molar-refractivity contribution < 1.29 is 9.53 Å². The van der Waals surface area contributed by atoms with Crippen molar-refractivity contribution in [3.63, 3.8) is 0 Å². The van der Waals surface area contributed by atoms with E-state index in [0.717, 1.165) is 24.0 Å². The Balaban J connectivity index is 1.39.